The Balaban J connectivity index is 1.75. The molecule has 0 bridgehead atoms. The van der Waals surface area contributed by atoms with Crippen LogP contribution in [-0.2, 0) is 9.47 Å². The zero-order chi connectivity index (χ0) is 15.0. The molecule has 2 aromatic rings. The van der Waals surface area contributed by atoms with E-state index in [0.717, 1.165) is 17.0 Å². The molecule has 1 aliphatic rings. The summed E-state index contributed by atoms with van der Waals surface area (Å²) in [6, 6.07) is 2.08. The van der Waals surface area contributed by atoms with E-state index in [2.05, 4.69) is 35.3 Å². The van der Waals surface area contributed by atoms with Crippen LogP contribution < -0.4 is 5.32 Å². The molecule has 1 saturated heterocycles. The molecule has 0 radical (unpaired) electrons. The lowest BCUT2D eigenvalue weighted by Crippen LogP contribution is -2.26. The summed E-state index contributed by atoms with van der Waals surface area (Å²) >= 11 is 0. The molecule has 0 amide bonds. The first-order valence-electron chi connectivity index (χ1n) is 7.34. The number of ether oxygens (including phenoxy) is 2. The maximum absolute atomic E-state index is 5.79. The monoisotopic (exact) mass is 290 g/mol. The topological polar surface area (TPSA) is 60.7 Å². The van der Waals surface area contributed by atoms with Gasteiger partial charge in [0.25, 0.3) is 0 Å². The van der Waals surface area contributed by atoms with Crippen molar-refractivity contribution in [2.45, 2.75) is 45.5 Å². The van der Waals surface area contributed by atoms with Crippen LogP contribution in [0.25, 0.3) is 5.52 Å². The molecular formula is C15H22N4O2. The number of nitrogens with one attached hydrogen (secondary N) is 1. The van der Waals surface area contributed by atoms with Gasteiger partial charge in [0, 0.05) is 18.9 Å². The number of nitrogens with zero attached hydrogens (tertiary/aromatic N) is 3. The van der Waals surface area contributed by atoms with Crippen LogP contribution in [0.3, 0.4) is 0 Å². The Morgan fingerprint density at radius 1 is 1.48 bits per heavy atom. The van der Waals surface area contributed by atoms with Gasteiger partial charge in [-0.1, -0.05) is 13.8 Å². The van der Waals surface area contributed by atoms with Crippen molar-refractivity contribution in [3.8, 4) is 0 Å². The summed E-state index contributed by atoms with van der Waals surface area (Å²) in [4.78, 5) is 4.41. The van der Waals surface area contributed by atoms with Gasteiger partial charge in [0.2, 0.25) is 0 Å². The van der Waals surface area contributed by atoms with E-state index in [0.29, 0.717) is 19.1 Å². The third-order valence-corrected chi connectivity index (χ3v) is 3.56. The van der Waals surface area contributed by atoms with Crippen molar-refractivity contribution in [3.05, 3.63) is 24.2 Å². The third-order valence-electron chi connectivity index (χ3n) is 3.56. The number of hydrogen-bond donors (Lipinski definition) is 1. The van der Waals surface area contributed by atoms with Crippen LogP contribution in [0.15, 0.2) is 18.5 Å². The Bertz CT molecular complexity index is 636. The van der Waals surface area contributed by atoms with Crippen LogP contribution in [0.2, 0.25) is 0 Å². The highest BCUT2D eigenvalue weighted by Crippen LogP contribution is 2.23. The molecule has 3 heterocycles. The van der Waals surface area contributed by atoms with Crippen LogP contribution in [0, 0.1) is 0 Å². The average Bonchev–Trinajstić information content (AvgIpc) is 2.99. The first-order chi connectivity index (χ1) is 9.94. The Kier molecular flexibility index (Phi) is 3.59. The second-order valence-electron chi connectivity index (χ2n) is 6.16. The molecule has 6 nitrogen and oxygen atoms in total. The predicted octanol–water partition coefficient (Wildman–Crippen LogP) is 2.42. The molecule has 1 unspecified atom stereocenters. The summed E-state index contributed by atoms with van der Waals surface area (Å²) in [5.41, 5.74) is 2.05. The Morgan fingerprint density at radius 3 is 2.95 bits per heavy atom. The van der Waals surface area contributed by atoms with E-state index in [9.17, 15) is 0 Å². The fourth-order valence-electron chi connectivity index (χ4n) is 2.43. The van der Waals surface area contributed by atoms with E-state index in [1.807, 2.05) is 24.6 Å². The quantitative estimate of drug-likeness (QED) is 0.937. The molecule has 1 fully saturated rings. The predicted molar refractivity (Wildman–Crippen MR) is 80.5 cm³/mol. The van der Waals surface area contributed by atoms with Gasteiger partial charge in [0.05, 0.1) is 12.3 Å². The smallest absolute Gasteiger partial charge is 0.163 e. The van der Waals surface area contributed by atoms with Crippen molar-refractivity contribution < 1.29 is 9.47 Å². The highest BCUT2D eigenvalue weighted by Gasteiger charge is 2.32. The highest BCUT2D eigenvalue weighted by molar-refractivity contribution is 5.67. The largest absolute Gasteiger partial charge is 0.366 e. The second kappa shape index (κ2) is 5.27. The van der Waals surface area contributed by atoms with Crippen LogP contribution in [0.1, 0.15) is 39.3 Å². The van der Waals surface area contributed by atoms with E-state index in [4.69, 9.17) is 9.47 Å². The number of aromatic nitrogens is 3. The Morgan fingerprint density at radius 2 is 2.29 bits per heavy atom. The summed E-state index contributed by atoms with van der Waals surface area (Å²) in [5, 5.41) is 7.90. The lowest BCUT2D eigenvalue weighted by molar-refractivity contribution is -0.136. The van der Waals surface area contributed by atoms with E-state index in [1.54, 1.807) is 6.20 Å². The molecule has 1 aliphatic heterocycles. The Hall–Kier alpha value is -1.66. The number of fused-ring (bicyclic) bond motifs is 1. The fraction of sp³-hybridized carbons (Fsp3) is 0.600. The van der Waals surface area contributed by atoms with Crippen LogP contribution in [0.5, 0.6) is 0 Å². The molecule has 0 saturated carbocycles. The first-order valence-corrected chi connectivity index (χ1v) is 7.34. The summed E-state index contributed by atoms with van der Waals surface area (Å²) < 4.78 is 13.2. The minimum Gasteiger partial charge on any atom is -0.366 e. The molecule has 2 aromatic heterocycles. The number of hydrogen-bond acceptors (Lipinski definition) is 5. The minimum atomic E-state index is -0.493. The molecule has 21 heavy (non-hydrogen) atoms. The van der Waals surface area contributed by atoms with Crippen LogP contribution in [-0.4, -0.2) is 39.6 Å². The van der Waals surface area contributed by atoms with Gasteiger partial charge in [-0.05, 0) is 25.8 Å². The zero-order valence-corrected chi connectivity index (χ0v) is 13.0. The maximum atomic E-state index is 5.79. The third kappa shape index (κ3) is 3.01. The van der Waals surface area contributed by atoms with E-state index >= 15 is 0 Å². The highest BCUT2D eigenvalue weighted by atomic mass is 16.7. The van der Waals surface area contributed by atoms with Crippen molar-refractivity contribution in [2.75, 3.05) is 18.5 Å². The first kappa shape index (κ1) is 14.3. The Labute approximate surface area is 124 Å². The summed E-state index contributed by atoms with van der Waals surface area (Å²) in [6.07, 6.45) is 3.65. The van der Waals surface area contributed by atoms with Gasteiger partial charge in [-0.15, -0.1) is 0 Å². The van der Waals surface area contributed by atoms with Crippen molar-refractivity contribution in [2.24, 2.45) is 0 Å². The van der Waals surface area contributed by atoms with Crippen molar-refractivity contribution in [1.82, 2.24) is 14.6 Å². The molecule has 0 aliphatic carbocycles. The molecular weight excluding hydrogens is 268 g/mol. The molecule has 0 spiro atoms. The standard InChI is InChI=1S/C15H22N4O2/c1-10(2)12-7-13-14(16-5-6-19(13)18-12)17-8-11-9-20-15(3,4)21-11/h5-7,10-11H,8-9H2,1-4H3,(H,16,17). The van der Waals surface area contributed by atoms with E-state index in [-0.39, 0.29) is 6.10 Å². The SMILES string of the molecule is CC(C)c1cc2c(NCC3COC(C)(C)O3)nccn2n1. The number of rotatable bonds is 4. The summed E-state index contributed by atoms with van der Waals surface area (Å²) in [5.74, 6) is 0.725. The molecule has 6 heteroatoms. The molecule has 0 aromatic carbocycles. The fourth-order valence-corrected chi connectivity index (χ4v) is 2.43. The van der Waals surface area contributed by atoms with Crippen molar-refractivity contribution in [1.29, 1.82) is 0 Å². The van der Waals surface area contributed by atoms with Crippen LogP contribution >= 0.6 is 0 Å². The second-order valence-corrected chi connectivity index (χ2v) is 6.16. The molecule has 1 N–H and O–H groups in total. The van der Waals surface area contributed by atoms with Gasteiger partial charge in [-0.25, -0.2) is 9.50 Å². The van der Waals surface area contributed by atoms with E-state index in [1.165, 1.54) is 0 Å². The van der Waals surface area contributed by atoms with E-state index < -0.39 is 5.79 Å². The minimum absolute atomic E-state index is 0.0366. The van der Waals surface area contributed by atoms with Crippen molar-refractivity contribution >= 4 is 11.3 Å². The van der Waals surface area contributed by atoms with Gasteiger partial charge in [-0.2, -0.15) is 5.10 Å². The molecule has 1 atom stereocenters. The summed E-state index contributed by atoms with van der Waals surface area (Å²) in [6.45, 7) is 9.38. The molecule has 114 valence electrons. The zero-order valence-electron chi connectivity index (χ0n) is 13.0. The van der Waals surface area contributed by atoms with Crippen LogP contribution in [0.4, 0.5) is 5.82 Å². The normalized spacial score (nSPS) is 21.3. The maximum Gasteiger partial charge on any atom is 0.163 e. The number of anilines is 1. The molecule has 3 rings (SSSR count). The van der Waals surface area contributed by atoms with Gasteiger partial charge in [0.1, 0.15) is 11.6 Å². The lowest BCUT2D eigenvalue weighted by Gasteiger charge is -2.17. The lowest BCUT2D eigenvalue weighted by atomic mass is 10.1. The van der Waals surface area contributed by atoms with Crippen molar-refractivity contribution in [3.63, 3.8) is 0 Å². The van der Waals surface area contributed by atoms with Gasteiger partial charge >= 0.3 is 0 Å². The van der Waals surface area contributed by atoms with Gasteiger partial charge < -0.3 is 14.8 Å². The summed E-state index contributed by atoms with van der Waals surface area (Å²) in [7, 11) is 0. The average molecular weight is 290 g/mol. The van der Waals surface area contributed by atoms with Gasteiger partial charge in [0.15, 0.2) is 11.6 Å². The van der Waals surface area contributed by atoms with Gasteiger partial charge in [-0.3, -0.25) is 0 Å².